The summed E-state index contributed by atoms with van der Waals surface area (Å²) in [6, 6.07) is 10.0. The predicted molar refractivity (Wildman–Crippen MR) is 65.6 cm³/mol. The Bertz CT molecular complexity index is 386. The molecule has 1 aromatic carbocycles. The lowest BCUT2D eigenvalue weighted by Gasteiger charge is -2.42. The van der Waals surface area contributed by atoms with Crippen molar-refractivity contribution in [3.63, 3.8) is 0 Å². The van der Waals surface area contributed by atoms with Gasteiger partial charge in [0.2, 0.25) is 0 Å². The van der Waals surface area contributed by atoms with Crippen molar-refractivity contribution in [2.75, 3.05) is 4.90 Å². The fraction of sp³-hybridized carbons (Fsp3) is 0.462. The molecule has 0 aromatic heterocycles. The van der Waals surface area contributed by atoms with Gasteiger partial charge in [0, 0.05) is 17.3 Å². The van der Waals surface area contributed by atoms with Crippen molar-refractivity contribution in [3.8, 4) is 0 Å². The average Bonchev–Trinajstić information content (AvgIpc) is 2.16. The molecule has 3 nitrogen and oxygen atoms in total. The van der Waals surface area contributed by atoms with Crippen LogP contribution in [0.1, 0.15) is 27.2 Å². The molecule has 1 unspecified atom stereocenters. The van der Waals surface area contributed by atoms with Gasteiger partial charge in [-0.1, -0.05) is 18.2 Å². The lowest BCUT2D eigenvalue weighted by atomic mass is 9.92. The molecule has 1 aliphatic heterocycles. The van der Waals surface area contributed by atoms with Crippen LogP contribution in [0.4, 0.5) is 10.5 Å². The first-order chi connectivity index (χ1) is 7.49. The normalized spacial score (nSPS) is 24.1. The first kappa shape index (κ1) is 11.0. The van der Waals surface area contributed by atoms with E-state index in [2.05, 4.69) is 26.1 Å². The number of urea groups is 1. The van der Waals surface area contributed by atoms with Gasteiger partial charge in [0.25, 0.3) is 0 Å². The SMILES string of the molecule is CC1CC(C)(C)NC(=O)N1c1ccccc1. The van der Waals surface area contributed by atoms with Gasteiger partial charge in [-0.25, -0.2) is 4.79 Å². The van der Waals surface area contributed by atoms with E-state index in [1.165, 1.54) is 0 Å². The first-order valence-electron chi connectivity index (χ1n) is 5.66. The Labute approximate surface area is 96.5 Å². The van der Waals surface area contributed by atoms with Crippen molar-refractivity contribution in [2.24, 2.45) is 0 Å². The van der Waals surface area contributed by atoms with Gasteiger partial charge in [0.05, 0.1) is 0 Å². The summed E-state index contributed by atoms with van der Waals surface area (Å²) < 4.78 is 0. The van der Waals surface area contributed by atoms with Crippen molar-refractivity contribution < 1.29 is 4.79 Å². The monoisotopic (exact) mass is 218 g/mol. The highest BCUT2D eigenvalue weighted by Gasteiger charge is 2.35. The largest absolute Gasteiger partial charge is 0.333 e. The standard InChI is InChI=1S/C13H18N2O/c1-10-9-13(2,3)14-12(16)15(10)11-7-5-4-6-8-11/h4-8,10H,9H2,1-3H3,(H,14,16). The fourth-order valence-electron chi connectivity index (χ4n) is 2.39. The van der Waals surface area contributed by atoms with Crippen LogP contribution in [0.15, 0.2) is 30.3 Å². The molecule has 2 rings (SSSR count). The van der Waals surface area contributed by atoms with Crippen LogP contribution in [0.2, 0.25) is 0 Å². The highest BCUT2D eigenvalue weighted by Crippen LogP contribution is 2.26. The summed E-state index contributed by atoms with van der Waals surface area (Å²) >= 11 is 0. The maximum absolute atomic E-state index is 12.0. The van der Waals surface area contributed by atoms with Crippen LogP contribution in [0.25, 0.3) is 0 Å². The molecule has 0 radical (unpaired) electrons. The summed E-state index contributed by atoms with van der Waals surface area (Å²) in [7, 11) is 0. The Balaban J connectivity index is 2.27. The van der Waals surface area contributed by atoms with Crippen LogP contribution >= 0.6 is 0 Å². The van der Waals surface area contributed by atoms with E-state index >= 15 is 0 Å². The second-order valence-corrected chi connectivity index (χ2v) is 5.07. The van der Waals surface area contributed by atoms with Gasteiger partial charge in [-0.15, -0.1) is 0 Å². The molecule has 1 saturated heterocycles. The topological polar surface area (TPSA) is 32.3 Å². The zero-order chi connectivity index (χ0) is 11.8. The van der Waals surface area contributed by atoms with E-state index in [0.29, 0.717) is 0 Å². The van der Waals surface area contributed by atoms with E-state index in [1.807, 2.05) is 35.2 Å². The molecule has 0 spiro atoms. The number of carbonyl (C=O) groups excluding carboxylic acids is 1. The minimum absolute atomic E-state index is 0.00468. The molecule has 1 heterocycles. The van der Waals surface area contributed by atoms with Gasteiger partial charge >= 0.3 is 6.03 Å². The first-order valence-corrected chi connectivity index (χ1v) is 5.66. The molecule has 86 valence electrons. The van der Waals surface area contributed by atoms with Crippen LogP contribution in [0.5, 0.6) is 0 Å². The van der Waals surface area contributed by atoms with Gasteiger partial charge in [-0.3, -0.25) is 4.90 Å². The maximum Gasteiger partial charge on any atom is 0.322 e. The van der Waals surface area contributed by atoms with Gasteiger partial charge in [0.1, 0.15) is 0 Å². The highest BCUT2D eigenvalue weighted by atomic mass is 16.2. The van der Waals surface area contributed by atoms with E-state index in [9.17, 15) is 4.79 Å². The summed E-state index contributed by atoms with van der Waals surface area (Å²) in [6.07, 6.45) is 0.952. The quantitative estimate of drug-likeness (QED) is 0.772. The molecule has 16 heavy (non-hydrogen) atoms. The van der Waals surface area contributed by atoms with Crippen LogP contribution in [0, 0.1) is 0 Å². The van der Waals surface area contributed by atoms with Gasteiger partial charge in [-0.2, -0.15) is 0 Å². The van der Waals surface area contributed by atoms with Crippen LogP contribution in [-0.4, -0.2) is 17.6 Å². The van der Waals surface area contributed by atoms with Crippen LogP contribution in [0.3, 0.4) is 0 Å². The maximum atomic E-state index is 12.0. The molecule has 1 fully saturated rings. The van der Waals surface area contributed by atoms with Crippen molar-refractivity contribution in [1.82, 2.24) is 5.32 Å². The molecule has 2 amide bonds. The van der Waals surface area contributed by atoms with Crippen molar-refractivity contribution in [1.29, 1.82) is 0 Å². The number of anilines is 1. The van der Waals surface area contributed by atoms with Crippen molar-refractivity contribution in [2.45, 2.75) is 38.8 Å². The summed E-state index contributed by atoms with van der Waals surface area (Å²) in [4.78, 5) is 13.9. The number of amides is 2. The van der Waals surface area contributed by atoms with Gasteiger partial charge in [-0.05, 0) is 39.3 Å². The van der Waals surface area contributed by atoms with Gasteiger partial charge < -0.3 is 5.32 Å². The summed E-state index contributed by atoms with van der Waals surface area (Å²) in [5.41, 5.74) is 0.852. The van der Waals surface area contributed by atoms with Gasteiger partial charge in [0.15, 0.2) is 0 Å². The second kappa shape index (κ2) is 3.81. The number of benzene rings is 1. The lowest BCUT2D eigenvalue weighted by Crippen LogP contribution is -2.60. The number of nitrogens with zero attached hydrogens (tertiary/aromatic N) is 1. The third-order valence-corrected chi connectivity index (χ3v) is 2.94. The zero-order valence-electron chi connectivity index (χ0n) is 10.0. The minimum Gasteiger partial charge on any atom is -0.333 e. The molecule has 0 bridgehead atoms. The summed E-state index contributed by atoms with van der Waals surface area (Å²) in [5.74, 6) is 0. The Kier molecular flexibility index (Phi) is 2.62. The number of hydrogen-bond acceptors (Lipinski definition) is 1. The lowest BCUT2D eigenvalue weighted by molar-refractivity contribution is 0.216. The van der Waals surface area contributed by atoms with Crippen LogP contribution in [-0.2, 0) is 0 Å². The highest BCUT2D eigenvalue weighted by molar-refractivity contribution is 5.93. The number of para-hydroxylation sites is 1. The van der Waals surface area contributed by atoms with E-state index in [4.69, 9.17) is 0 Å². The molecule has 1 aliphatic rings. The molecular weight excluding hydrogens is 200 g/mol. The number of carbonyl (C=O) groups is 1. The molecule has 1 N–H and O–H groups in total. The Morgan fingerprint density at radius 3 is 2.50 bits per heavy atom. The van der Waals surface area contributed by atoms with E-state index in [0.717, 1.165) is 12.1 Å². The molecule has 0 aliphatic carbocycles. The number of nitrogens with one attached hydrogen (secondary N) is 1. The third kappa shape index (κ3) is 2.03. The van der Waals surface area contributed by atoms with Crippen molar-refractivity contribution >= 4 is 11.7 Å². The van der Waals surface area contributed by atoms with Crippen molar-refractivity contribution in [3.05, 3.63) is 30.3 Å². The minimum atomic E-state index is -0.109. The molecule has 3 heteroatoms. The summed E-state index contributed by atoms with van der Waals surface area (Å²) in [5, 5.41) is 3.02. The Morgan fingerprint density at radius 2 is 1.94 bits per heavy atom. The number of rotatable bonds is 1. The molecule has 1 aromatic rings. The van der Waals surface area contributed by atoms with E-state index in [-0.39, 0.29) is 17.6 Å². The molecular formula is C13H18N2O. The van der Waals surface area contributed by atoms with E-state index in [1.54, 1.807) is 0 Å². The van der Waals surface area contributed by atoms with Crippen LogP contribution < -0.4 is 10.2 Å². The average molecular weight is 218 g/mol. The predicted octanol–water partition coefficient (Wildman–Crippen LogP) is 2.77. The Hall–Kier alpha value is -1.51. The Morgan fingerprint density at radius 1 is 1.31 bits per heavy atom. The smallest absolute Gasteiger partial charge is 0.322 e. The zero-order valence-corrected chi connectivity index (χ0v) is 10.0. The molecule has 1 atom stereocenters. The summed E-state index contributed by atoms with van der Waals surface area (Å²) in [6.45, 7) is 6.21. The fourth-order valence-corrected chi connectivity index (χ4v) is 2.39. The van der Waals surface area contributed by atoms with E-state index < -0.39 is 0 Å². The third-order valence-electron chi connectivity index (χ3n) is 2.94. The number of hydrogen-bond donors (Lipinski definition) is 1. The second-order valence-electron chi connectivity index (χ2n) is 5.07. The molecule has 0 saturated carbocycles.